The number of carbonyl (C=O) groups is 1. The molecule has 1 fully saturated rings. The van der Waals surface area contributed by atoms with Gasteiger partial charge in [-0.25, -0.2) is 0 Å². The summed E-state index contributed by atoms with van der Waals surface area (Å²) in [4.78, 5) is 18.5. The molecule has 0 atom stereocenters. The fraction of sp³-hybridized carbons (Fsp3) is 0.529. The first-order chi connectivity index (χ1) is 12.1. The molecule has 1 aliphatic rings. The van der Waals surface area contributed by atoms with Crippen LogP contribution in [0.1, 0.15) is 36.9 Å². The molecule has 8 heteroatoms. The number of anilines is 1. The zero-order valence-electron chi connectivity index (χ0n) is 14.3. The summed E-state index contributed by atoms with van der Waals surface area (Å²) in [5, 5.41) is 23.1. The summed E-state index contributed by atoms with van der Waals surface area (Å²) in [6.07, 6.45) is 4.72. The Balaban J connectivity index is 1.49. The number of likely N-dealkylation sites (tertiary alicyclic amines) is 1. The zero-order valence-corrected chi connectivity index (χ0v) is 15.1. The second-order valence-corrected chi connectivity index (χ2v) is 7.38. The van der Waals surface area contributed by atoms with Crippen molar-refractivity contribution < 1.29 is 9.90 Å². The molecule has 0 radical (unpaired) electrons. The van der Waals surface area contributed by atoms with Gasteiger partial charge in [0.15, 0.2) is 0 Å². The number of piperidine rings is 1. The summed E-state index contributed by atoms with van der Waals surface area (Å²) in [6.45, 7) is 3.68. The van der Waals surface area contributed by atoms with Gasteiger partial charge in [0, 0.05) is 25.7 Å². The second-order valence-electron chi connectivity index (χ2n) is 6.32. The summed E-state index contributed by atoms with van der Waals surface area (Å²) >= 11 is 1.42. The van der Waals surface area contributed by atoms with E-state index < -0.39 is 5.60 Å². The minimum Gasteiger partial charge on any atom is -0.383 e. The van der Waals surface area contributed by atoms with Crippen molar-refractivity contribution in [3.8, 4) is 0 Å². The SMILES string of the molecule is CCCc1nnc(NC(=O)CN2CCC(O)(c3ccccn3)CC2)s1. The van der Waals surface area contributed by atoms with Gasteiger partial charge in [0.2, 0.25) is 11.0 Å². The minimum absolute atomic E-state index is 0.0949. The van der Waals surface area contributed by atoms with Crippen molar-refractivity contribution in [2.75, 3.05) is 25.0 Å². The van der Waals surface area contributed by atoms with E-state index in [0.717, 1.165) is 17.8 Å². The number of aliphatic hydroxyl groups is 1. The van der Waals surface area contributed by atoms with E-state index in [-0.39, 0.29) is 5.91 Å². The van der Waals surface area contributed by atoms with Crippen LogP contribution in [0.2, 0.25) is 0 Å². The maximum Gasteiger partial charge on any atom is 0.240 e. The number of hydrogen-bond acceptors (Lipinski definition) is 7. The molecule has 134 valence electrons. The average molecular weight is 361 g/mol. The molecule has 0 bridgehead atoms. The van der Waals surface area contributed by atoms with Gasteiger partial charge in [-0.15, -0.1) is 10.2 Å². The highest BCUT2D eigenvalue weighted by atomic mass is 32.1. The van der Waals surface area contributed by atoms with Crippen LogP contribution in [-0.4, -0.2) is 50.7 Å². The van der Waals surface area contributed by atoms with Gasteiger partial charge >= 0.3 is 0 Å². The first-order valence-electron chi connectivity index (χ1n) is 8.57. The van der Waals surface area contributed by atoms with E-state index in [2.05, 4.69) is 27.4 Å². The average Bonchev–Trinajstić information content (AvgIpc) is 3.05. The molecule has 2 aromatic rings. The number of aryl methyl sites for hydroxylation is 1. The molecule has 2 aromatic heterocycles. The van der Waals surface area contributed by atoms with Crippen LogP contribution in [0.5, 0.6) is 0 Å². The van der Waals surface area contributed by atoms with Crippen molar-refractivity contribution in [3.63, 3.8) is 0 Å². The van der Waals surface area contributed by atoms with Crippen LogP contribution in [0, 0.1) is 0 Å². The van der Waals surface area contributed by atoms with Crippen molar-refractivity contribution in [2.45, 2.75) is 38.2 Å². The lowest BCUT2D eigenvalue weighted by atomic mass is 9.88. The lowest BCUT2D eigenvalue weighted by molar-refractivity contribution is -0.118. The van der Waals surface area contributed by atoms with Gasteiger partial charge in [-0.2, -0.15) is 0 Å². The predicted molar refractivity (Wildman–Crippen MR) is 96.3 cm³/mol. The molecule has 0 aromatic carbocycles. The monoisotopic (exact) mass is 361 g/mol. The van der Waals surface area contributed by atoms with E-state index in [1.165, 1.54) is 11.3 Å². The number of aromatic nitrogens is 3. The number of nitrogens with one attached hydrogen (secondary N) is 1. The molecular formula is C17H23N5O2S. The highest BCUT2D eigenvalue weighted by Crippen LogP contribution is 2.31. The van der Waals surface area contributed by atoms with Crippen molar-refractivity contribution >= 4 is 22.4 Å². The number of nitrogens with zero attached hydrogens (tertiary/aromatic N) is 4. The van der Waals surface area contributed by atoms with Crippen molar-refractivity contribution in [2.24, 2.45) is 0 Å². The predicted octanol–water partition coefficient (Wildman–Crippen LogP) is 1.81. The topological polar surface area (TPSA) is 91.2 Å². The molecule has 0 saturated carbocycles. The molecule has 7 nitrogen and oxygen atoms in total. The van der Waals surface area contributed by atoms with E-state index in [4.69, 9.17) is 0 Å². The summed E-state index contributed by atoms with van der Waals surface area (Å²) in [7, 11) is 0. The number of pyridine rings is 1. The first kappa shape index (κ1) is 17.9. The van der Waals surface area contributed by atoms with Gasteiger partial charge in [0.1, 0.15) is 10.6 Å². The van der Waals surface area contributed by atoms with Gasteiger partial charge in [-0.1, -0.05) is 24.3 Å². The Bertz CT molecular complexity index is 698. The molecule has 0 spiro atoms. The van der Waals surface area contributed by atoms with Crippen LogP contribution in [0.15, 0.2) is 24.4 Å². The van der Waals surface area contributed by atoms with Gasteiger partial charge in [-0.05, 0) is 31.4 Å². The third-order valence-corrected chi connectivity index (χ3v) is 5.27. The largest absolute Gasteiger partial charge is 0.383 e. The number of rotatable bonds is 6. The Kier molecular flexibility index (Phi) is 5.72. The number of amides is 1. The Morgan fingerprint density at radius 2 is 2.16 bits per heavy atom. The van der Waals surface area contributed by atoms with Crippen LogP contribution < -0.4 is 5.32 Å². The maximum absolute atomic E-state index is 12.2. The Morgan fingerprint density at radius 1 is 1.36 bits per heavy atom. The second kappa shape index (κ2) is 7.99. The van der Waals surface area contributed by atoms with Crippen LogP contribution in [0.3, 0.4) is 0 Å². The number of hydrogen-bond donors (Lipinski definition) is 2. The fourth-order valence-electron chi connectivity index (χ4n) is 2.96. The van der Waals surface area contributed by atoms with Crippen LogP contribution in [0.4, 0.5) is 5.13 Å². The Labute approximate surface area is 151 Å². The standard InChI is InChI=1S/C17H23N5O2S/c1-2-5-15-20-21-16(25-15)19-14(23)12-22-10-7-17(24,8-11-22)13-6-3-4-9-18-13/h3-4,6,9,24H,2,5,7-8,10-12H2,1H3,(H,19,21,23). The van der Waals surface area contributed by atoms with E-state index in [0.29, 0.717) is 43.3 Å². The molecule has 1 saturated heterocycles. The normalized spacial score (nSPS) is 17.4. The van der Waals surface area contributed by atoms with Gasteiger partial charge in [-0.3, -0.25) is 20.0 Å². The van der Waals surface area contributed by atoms with E-state index in [1.54, 1.807) is 6.20 Å². The van der Waals surface area contributed by atoms with Gasteiger partial charge in [0.25, 0.3) is 0 Å². The number of carbonyl (C=O) groups excluding carboxylic acids is 1. The quantitative estimate of drug-likeness (QED) is 0.815. The Morgan fingerprint density at radius 3 is 2.84 bits per heavy atom. The smallest absolute Gasteiger partial charge is 0.240 e. The van der Waals surface area contributed by atoms with Crippen molar-refractivity contribution in [1.82, 2.24) is 20.1 Å². The van der Waals surface area contributed by atoms with Crippen LogP contribution in [-0.2, 0) is 16.8 Å². The summed E-state index contributed by atoms with van der Waals surface area (Å²) in [6, 6.07) is 5.58. The third kappa shape index (κ3) is 4.59. The molecule has 2 N–H and O–H groups in total. The molecule has 1 aliphatic heterocycles. The van der Waals surface area contributed by atoms with E-state index in [1.807, 2.05) is 23.1 Å². The highest BCUT2D eigenvalue weighted by molar-refractivity contribution is 7.15. The van der Waals surface area contributed by atoms with Crippen LogP contribution in [0.25, 0.3) is 0 Å². The minimum atomic E-state index is -0.900. The van der Waals surface area contributed by atoms with Gasteiger partial charge < -0.3 is 5.11 Å². The maximum atomic E-state index is 12.2. The van der Waals surface area contributed by atoms with Crippen molar-refractivity contribution in [1.29, 1.82) is 0 Å². The third-order valence-electron chi connectivity index (χ3n) is 4.37. The lowest BCUT2D eigenvalue weighted by Gasteiger charge is -2.37. The molecule has 1 amide bonds. The first-order valence-corrected chi connectivity index (χ1v) is 9.39. The van der Waals surface area contributed by atoms with E-state index in [9.17, 15) is 9.90 Å². The summed E-state index contributed by atoms with van der Waals surface area (Å²) < 4.78 is 0. The zero-order chi connectivity index (χ0) is 17.7. The summed E-state index contributed by atoms with van der Waals surface area (Å²) in [5.74, 6) is -0.0949. The lowest BCUT2D eigenvalue weighted by Crippen LogP contribution is -2.45. The molecule has 3 heterocycles. The van der Waals surface area contributed by atoms with Gasteiger partial charge in [0.05, 0.1) is 12.2 Å². The van der Waals surface area contributed by atoms with E-state index >= 15 is 0 Å². The summed E-state index contributed by atoms with van der Waals surface area (Å²) in [5.41, 5.74) is -0.195. The molecule has 0 aliphatic carbocycles. The highest BCUT2D eigenvalue weighted by Gasteiger charge is 2.35. The Hall–Kier alpha value is -1.90. The molecular weight excluding hydrogens is 338 g/mol. The van der Waals surface area contributed by atoms with Crippen molar-refractivity contribution in [3.05, 3.63) is 35.1 Å². The van der Waals surface area contributed by atoms with Crippen LogP contribution >= 0.6 is 11.3 Å². The molecule has 0 unspecified atom stereocenters. The fourth-order valence-corrected chi connectivity index (χ4v) is 3.81. The molecule has 3 rings (SSSR count). The molecule has 25 heavy (non-hydrogen) atoms.